The van der Waals surface area contributed by atoms with Crippen molar-refractivity contribution in [3.05, 3.63) is 65.0 Å². The first kappa shape index (κ1) is 25.9. The smallest absolute Gasteiger partial charge is 0.382 e. The molecule has 2 aromatic heterocycles. The third-order valence-corrected chi connectivity index (χ3v) is 5.45. The van der Waals surface area contributed by atoms with Crippen LogP contribution in [0.5, 0.6) is 0 Å². The van der Waals surface area contributed by atoms with Crippen LogP contribution in [0.1, 0.15) is 37.4 Å². The highest BCUT2D eigenvalue weighted by atomic mass is 19.4. The zero-order valence-corrected chi connectivity index (χ0v) is 19.5. The Morgan fingerprint density at radius 1 is 1.31 bits per heavy atom. The molecule has 0 spiro atoms. The lowest BCUT2D eigenvalue weighted by Gasteiger charge is -2.14. The Morgan fingerprint density at radius 3 is 2.57 bits per heavy atom. The van der Waals surface area contributed by atoms with Crippen molar-refractivity contribution in [2.75, 3.05) is 11.1 Å². The zero-order valence-electron chi connectivity index (χ0n) is 19.5. The molecule has 35 heavy (non-hydrogen) atoms. The Kier molecular flexibility index (Phi) is 7.30. The highest BCUT2D eigenvalue weighted by Crippen LogP contribution is 2.36. The number of hydrogen-bond donors (Lipinski definition) is 3. The van der Waals surface area contributed by atoms with E-state index in [-0.39, 0.29) is 34.8 Å². The summed E-state index contributed by atoms with van der Waals surface area (Å²) in [6, 6.07) is 4.67. The molecule has 0 radical (unpaired) electrons. The molecule has 0 saturated carbocycles. The second-order valence-corrected chi connectivity index (χ2v) is 7.87. The number of fused-ring (bicyclic) bond motifs is 1. The highest BCUT2D eigenvalue weighted by Gasteiger charge is 2.36. The number of nitrogens with two attached hydrogens (primary N) is 1. The SMILES string of the molecule is C/C=C(\C=C(\F)CC)C(O)C(=O)Nc1ccc(-c2nc(C)n3c(C(F)(F)F)cnc(N)c23)c(C)c1. The summed E-state index contributed by atoms with van der Waals surface area (Å²) in [4.78, 5) is 20.5. The van der Waals surface area contributed by atoms with Crippen LogP contribution in [0.2, 0.25) is 0 Å². The number of carbonyl (C=O) groups is 1. The second-order valence-electron chi connectivity index (χ2n) is 7.87. The number of aromatic nitrogens is 3. The number of anilines is 2. The minimum Gasteiger partial charge on any atom is -0.382 e. The molecule has 0 saturated heterocycles. The van der Waals surface area contributed by atoms with Crippen LogP contribution in [0.4, 0.5) is 29.1 Å². The number of hydrogen-bond acceptors (Lipinski definition) is 5. The van der Waals surface area contributed by atoms with Gasteiger partial charge in [-0.3, -0.25) is 9.20 Å². The number of aliphatic hydroxyl groups is 1. The summed E-state index contributed by atoms with van der Waals surface area (Å²) in [5.41, 5.74) is 6.67. The Bertz CT molecular complexity index is 1340. The van der Waals surface area contributed by atoms with E-state index in [0.29, 0.717) is 23.0 Å². The molecule has 1 amide bonds. The van der Waals surface area contributed by atoms with Gasteiger partial charge in [-0.25, -0.2) is 14.4 Å². The summed E-state index contributed by atoms with van der Waals surface area (Å²) < 4.78 is 55.1. The molecule has 4 N–H and O–H groups in total. The number of rotatable bonds is 6. The fourth-order valence-corrected chi connectivity index (χ4v) is 3.67. The van der Waals surface area contributed by atoms with E-state index < -0.39 is 29.7 Å². The molecule has 2 heterocycles. The largest absolute Gasteiger partial charge is 0.433 e. The van der Waals surface area contributed by atoms with Crippen LogP contribution in [-0.4, -0.2) is 31.5 Å². The van der Waals surface area contributed by atoms with Gasteiger partial charge in [0.15, 0.2) is 6.10 Å². The summed E-state index contributed by atoms with van der Waals surface area (Å²) in [5.74, 6) is -1.27. The lowest BCUT2D eigenvalue weighted by molar-refractivity contribution is -0.142. The molecule has 0 aliphatic heterocycles. The normalized spacial score (nSPS) is 13.9. The van der Waals surface area contributed by atoms with Crippen molar-refractivity contribution < 1.29 is 27.5 Å². The molecule has 1 unspecified atom stereocenters. The van der Waals surface area contributed by atoms with E-state index in [4.69, 9.17) is 5.73 Å². The summed E-state index contributed by atoms with van der Waals surface area (Å²) in [5, 5.41) is 12.9. The van der Waals surface area contributed by atoms with Crippen molar-refractivity contribution in [2.24, 2.45) is 0 Å². The van der Waals surface area contributed by atoms with Crippen molar-refractivity contribution in [1.82, 2.24) is 14.4 Å². The number of nitrogens with zero attached hydrogens (tertiary/aromatic N) is 3. The summed E-state index contributed by atoms with van der Waals surface area (Å²) >= 11 is 0. The second kappa shape index (κ2) is 9.87. The number of halogens is 4. The van der Waals surface area contributed by atoms with Gasteiger partial charge in [0.1, 0.15) is 34.4 Å². The molecular weight excluding hydrogens is 466 g/mol. The number of alkyl halides is 3. The minimum absolute atomic E-state index is 0.0232. The third-order valence-electron chi connectivity index (χ3n) is 5.45. The molecule has 0 aliphatic carbocycles. The van der Waals surface area contributed by atoms with E-state index in [0.717, 1.165) is 10.5 Å². The van der Waals surface area contributed by atoms with Gasteiger partial charge in [0.25, 0.3) is 5.91 Å². The Balaban J connectivity index is 1.97. The van der Waals surface area contributed by atoms with Gasteiger partial charge in [-0.05, 0) is 56.5 Å². The van der Waals surface area contributed by atoms with Crippen LogP contribution in [0.15, 0.2) is 47.9 Å². The number of aliphatic hydroxyl groups excluding tert-OH is 1. The number of aryl methyl sites for hydroxylation is 2. The van der Waals surface area contributed by atoms with E-state index in [9.17, 15) is 27.5 Å². The number of allylic oxidation sites excluding steroid dienone is 2. The number of benzene rings is 1. The van der Waals surface area contributed by atoms with Crippen molar-refractivity contribution in [1.29, 1.82) is 0 Å². The Hall–Kier alpha value is -3.73. The number of nitrogen functional groups attached to an aromatic ring is 1. The van der Waals surface area contributed by atoms with E-state index in [1.54, 1.807) is 32.9 Å². The van der Waals surface area contributed by atoms with Crippen LogP contribution in [-0.2, 0) is 11.0 Å². The van der Waals surface area contributed by atoms with Crippen LogP contribution in [0.25, 0.3) is 16.8 Å². The van der Waals surface area contributed by atoms with Crippen LogP contribution in [0.3, 0.4) is 0 Å². The first-order valence-corrected chi connectivity index (χ1v) is 10.7. The average Bonchev–Trinajstić information content (AvgIpc) is 3.13. The van der Waals surface area contributed by atoms with Crippen LogP contribution in [0, 0.1) is 13.8 Å². The number of carbonyl (C=O) groups excluding carboxylic acids is 1. The van der Waals surface area contributed by atoms with Crippen LogP contribution >= 0.6 is 0 Å². The lowest BCUT2D eigenvalue weighted by Crippen LogP contribution is -2.29. The molecule has 0 fully saturated rings. The predicted molar refractivity (Wildman–Crippen MR) is 125 cm³/mol. The molecule has 1 aromatic carbocycles. The van der Waals surface area contributed by atoms with Gasteiger partial charge in [-0.1, -0.05) is 19.1 Å². The number of amides is 1. The molecule has 0 bridgehead atoms. The first-order chi connectivity index (χ1) is 16.4. The van der Waals surface area contributed by atoms with Gasteiger partial charge >= 0.3 is 6.18 Å². The zero-order chi connectivity index (χ0) is 26.1. The third kappa shape index (κ3) is 5.19. The first-order valence-electron chi connectivity index (χ1n) is 10.7. The van der Waals surface area contributed by atoms with Gasteiger partial charge in [0.2, 0.25) is 0 Å². The topological polar surface area (TPSA) is 106 Å². The Morgan fingerprint density at radius 2 is 2.00 bits per heavy atom. The van der Waals surface area contributed by atoms with E-state index in [1.165, 1.54) is 19.1 Å². The molecule has 3 rings (SSSR count). The minimum atomic E-state index is -4.66. The van der Waals surface area contributed by atoms with Gasteiger partial charge in [0.05, 0.1) is 6.20 Å². The van der Waals surface area contributed by atoms with E-state index >= 15 is 0 Å². The molecule has 3 aromatic rings. The van der Waals surface area contributed by atoms with Gasteiger partial charge < -0.3 is 16.2 Å². The molecular formula is C24H25F4N5O2. The fraction of sp³-hybridized carbons (Fsp3) is 0.292. The molecule has 0 aliphatic rings. The standard InChI is InChI=1S/C24H25F4N5O2/c1-5-14(10-15(25)6-2)21(34)23(35)32-16-7-8-17(12(3)9-16)19-20-22(29)30-11-18(24(26,27)28)33(20)13(4)31-19/h5,7-11,21,34H,6H2,1-4H3,(H2,29,30)(H,32,35)/b14-5+,15-10+. The Labute approximate surface area is 199 Å². The maximum absolute atomic E-state index is 13.6. The van der Waals surface area contributed by atoms with Gasteiger partial charge in [0, 0.05) is 11.3 Å². The highest BCUT2D eigenvalue weighted by molar-refractivity contribution is 5.97. The van der Waals surface area contributed by atoms with Crippen molar-refractivity contribution >= 4 is 22.9 Å². The fourth-order valence-electron chi connectivity index (χ4n) is 3.67. The monoisotopic (exact) mass is 491 g/mol. The molecule has 186 valence electrons. The van der Waals surface area contributed by atoms with Crippen LogP contribution < -0.4 is 11.1 Å². The predicted octanol–water partition coefficient (Wildman–Crippen LogP) is 5.12. The van der Waals surface area contributed by atoms with E-state index in [2.05, 4.69) is 15.3 Å². The number of nitrogens with one attached hydrogen (secondary N) is 1. The lowest BCUT2D eigenvalue weighted by atomic mass is 10.0. The maximum atomic E-state index is 13.6. The van der Waals surface area contributed by atoms with Gasteiger partial charge in [-0.15, -0.1) is 0 Å². The van der Waals surface area contributed by atoms with E-state index in [1.807, 2.05) is 0 Å². The molecule has 1 atom stereocenters. The maximum Gasteiger partial charge on any atom is 0.433 e. The summed E-state index contributed by atoms with van der Waals surface area (Å²) in [6.07, 6.45) is -2.92. The summed E-state index contributed by atoms with van der Waals surface area (Å²) in [7, 11) is 0. The van der Waals surface area contributed by atoms with Crippen molar-refractivity contribution in [3.63, 3.8) is 0 Å². The molecule has 7 nitrogen and oxygen atoms in total. The average molecular weight is 491 g/mol. The van der Waals surface area contributed by atoms with Crippen molar-refractivity contribution in [2.45, 2.75) is 46.4 Å². The number of imidazole rings is 1. The van der Waals surface area contributed by atoms with Gasteiger partial charge in [-0.2, -0.15) is 13.2 Å². The van der Waals surface area contributed by atoms with Crippen molar-refractivity contribution in [3.8, 4) is 11.3 Å². The molecule has 11 heteroatoms. The summed E-state index contributed by atoms with van der Waals surface area (Å²) in [6.45, 7) is 6.31. The quantitative estimate of drug-likeness (QED) is 0.328.